The zero-order valence-electron chi connectivity index (χ0n) is 14.0. The molecule has 0 aliphatic carbocycles. The fourth-order valence-corrected chi connectivity index (χ4v) is 3.40. The van der Waals surface area contributed by atoms with Crippen LogP contribution in [0.15, 0.2) is 41.5 Å². The van der Waals surface area contributed by atoms with Gasteiger partial charge >= 0.3 is 0 Å². The quantitative estimate of drug-likeness (QED) is 0.774. The fraction of sp³-hybridized carbons (Fsp3) is 0.333. The van der Waals surface area contributed by atoms with Crippen LogP contribution in [0.4, 0.5) is 0 Å². The van der Waals surface area contributed by atoms with Gasteiger partial charge in [-0.25, -0.2) is 4.98 Å². The Morgan fingerprint density at radius 2 is 2.16 bits per heavy atom. The molecule has 7 heteroatoms. The van der Waals surface area contributed by atoms with Crippen molar-refractivity contribution < 1.29 is 4.79 Å². The molecule has 1 aliphatic rings. The molecule has 0 radical (unpaired) electrons. The molecule has 7 nitrogen and oxygen atoms in total. The number of nitrogens with one attached hydrogen (secondary N) is 1. The predicted molar refractivity (Wildman–Crippen MR) is 93.5 cm³/mol. The Balaban J connectivity index is 1.62. The molecule has 4 rings (SSSR count). The molecule has 3 aromatic rings. The van der Waals surface area contributed by atoms with E-state index in [9.17, 15) is 9.59 Å². The van der Waals surface area contributed by atoms with Gasteiger partial charge in [0.05, 0.1) is 23.3 Å². The normalized spacial score (nSPS) is 17.8. The highest BCUT2D eigenvalue weighted by molar-refractivity contribution is 5.92. The van der Waals surface area contributed by atoms with Crippen LogP contribution in [-0.2, 0) is 0 Å². The molecule has 1 fully saturated rings. The first-order valence-corrected chi connectivity index (χ1v) is 8.40. The van der Waals surface area contributed by atoms with Crippen LogP contribution in [0.1, 0.15) is 35.1 Å². The molecule has 1 aliphatic heterocycles. The van der Waals surface area contributed by atoms with E-state index in [1.165, 1.54) is 0 Å². The first-order chi connectivity index (χ1) is 12.1. The first kappa shape index (κ1) is 15.6. The van der Waals surface area contributed by atoms with Gasteiger partial charge in [-0.3, -0.25) is 19.3 Å². The Morgan fingerprint density at radius 1 is 1.32 bits per heavy atom. The van der Waals surface area contributed by atoms with Gasteiger partial charge < -0.3 is 4.90 Å². The standard InChI is InChI=1S/C18H19N5O2/c1-12-9-16(21-20-12)18(25)22-8-4-5-13(10-22)23-11-19-15-7-3-2-6-14(15)17(23)24/h2-3,6-7,9,11,13H,4-5,8,10H2,1H3,(H,20,21)/t13-/m0/s1. The summed E-state index contributed by atoms with van der Waals surface area (Å²) in [4.78, 5) is 31.6. The lowest BCUT2D eigenvalue weighted by molar-refractivity contribution is 0.0671. The van der Waals surface area contributed by atoms with Crippen molar-refractivity contribution in [3.05, 3.63) is 58.4 Å². The Morgan fingerprint density at radius 3 is 2.96 bits per heavy atom. The van der Waals surface area contributed by atoms with E-state index in [1.807, 2.05) is 25.1 Å². The second kappa shape index (κ2) is 6.16. The number of aromatic nitrogens is 4. The summed E-state index contributed by atoms with van der Waals surface area (Å²) in [5.41, 5.74) is 1.91. The van der Waals surface area contributed by atoms with Gasteiger partial charge in [-0.15, -0.1) is 0 Å². The topological polar surface area (TPSA) is 83.9 Å². The number of para-hydroxylation sites is 1. The maximum Gasteiger partial charge on any atom is 0.274 e. The summed E-state index contributed by atoms with van der Waals surface area (Å²) in [6, 6.07) is 9.01. The van der Waals surface area contributed by atoms with E-state index in [1.54, 1.807) is 27.9 Å². The number of nitrogens with zero attached hydrogens (tertiary/aromatic N) is 4. The minimum absolute atomic E-state index is 0.0551. The molecule has 128 valence electrons. The maximum atomic E-state index is 12.8. The zero-order chi connectivity index (χ0) is 17.4. The lowest BCUT2D eigenvalue weighted by Gasteiger charge is -2.33. The van der Waals surface area contributed by atoms with Gasteiger partial charge in [-0.2, -0.15) is 5.10 Å². The van der Waals surface area contributed by atoms with Gasteiger partial charge in [0.2, 0.25) is 0 Å². The monoisotopic (exact) mass is 337 g/mol. The third kappa shape index (κ3) is 2.82. The third-order valence-electron chi connectivity index (χ3n) is 4.69. The lowest BCUT2D eigenvalue weighted by Crippen LogP contribution is -2.43. The molecule has 1 amide bonds. The smallest absolute Gasteiger partial charge is 0.274 e. The summed E-state index contributed by atoms with van der Waals surface area (Å²) in [6.45, 7) is 3.03. The average Bonchev–Trinajstić information content (AvgIpc) is 3.08. The van der Waals surface area contributed by atoms with Crippen LogP contribution in [0, 0.1) is 6.92 Å². The number of H-pyrrole nitrogens is 1. The molecule has 2 aromatic heterocycles. The Hall–Kier alpha value is -2.96. The molecule has 1 N–H and O–H groups in total. The van der Waals surface area contributed by atoms with Crippen LogP contribution in [-0.4, -0.2) is 43.6 Å². The van der Waals surface area contributed by atoms with Gasteiger partial charge in [-0.1, -0.05) is 12.1 Å². The van der Waals surface area contributed by atoms with Gasteiger partial charge in [0.15, 0.2) is 0 Å². The molecule has 1 atom stereocenters. The number of carbonyl (C=O) groups excluding carboxylic acids is 1. The Bertz CT molecular complexity index is 990. The van der Waals surface area contributed by atoms with Crippen molar-refractivity contribution in [1.82, 2.24) is 24.6 Å². The highest BCUT2D eigenvalue weighted by atomic mass is 16.2. The van der Waals surface area contributed by atoms with Crippen LogP contribution in [0.25, 0.3) is 10.9 Å². The Labute approximate surface area is 144 Å². The van der Waals surface area contributed by atoms with Gasteiger partial charge in [0.1, 0.15) is 5.69 Å². The summed E-state index contributed by atoms with van der Waals surface area (Å²) >= 11 is 0. The number of amides is 1. The number of likely N-dealkylation sites (tertiary alicyclic amines) is 1. The number of rotatable bonds is 2. The van der Waals surface area contributed by atoms with E-state index in [0.29, 0.717) is 29.7 Å². The average molecular weight is 337 g/mol. The van der Waals surface area contributed by atoms with Crippen LogP contribution in [0.2, 0.25) is 0 Å². The summed E-state index contributed by atoms with van der Waals surface area (Å²) in [5.74, 6) is -0.101. The van der Waals surface area contributed by atoms with Gasteiger partial charge in [-0.05, 0) is 38.0 Å². The van der Waals surface area contributed by atoms with Crippen LogP contribution in [0.3, 0.4) is 0 Å². The van der Waals surface area contributed by atoms with E-state index < -0.39 is 0 Å². The number of hydrogen-bond acceptors (Lipinski definition) is 4. The van der Waals surface area contributed by atoms with Crippen molar-refractivity contribution in [3.8, 4) is 0 Å². The lowest BCUT2D eigenvalue weighted by atomic mass is 10.0. The van der Waals surface area contributed by atoms with Crippen molar-refractivity contribution in [1.29, 1.82) is 0 Å². The van der Waals surface area contributed by atoms with Gasteiger partial charge in [0.25, 0.3) is 11.5 Å². The SMILES string of the molecule is Cc1cc(C(=O)N2CCC[C@H](n3cnc4ccccc4c3=O)C2)n[nH]1. The molecule has 1 saturated heterocycles. The number of piperidine rings is 1. The minimum atomic E-state index is -0.101. The molecular formula is C18H19N5O2. The second-order valence-corrected chi connectivity index (χ2v) is 6.46. The largest absolute Gasteiger partial charge is 0.335 e. The summed E-state index contributed by atoms with van der Waals surface area (Å²) < 4.78 is 1.66. The Kier molecular flexibility index (Phi) is 3.83. The van der Waals surface area contributed by atoms with Gasteiger partial charge in [0, 0.05) is 18.8 Å². The van der Waals surface area contributed by atoms with E-state index in [2.05, 4.69) is 15.2 Å². The van der Waals surface area contributed by atoms with Crippen molar-refractivity contribution in [2.24, 2.45) is 0 Å². The molecule has 0 bridgehead atoms. The van der Waals surface area contributed by atoms with Crippen molar-refractivity contribution in [2.45, 2.75) is 25.8 Å². The predicted octanol–water partition coefficient (Wildman–Crippen LogP) is 1.91. The number of aromatic amines is 1. The highest BCUT2D eigenvalue weighted by Crippen LogP contribution is 2.22. The molecule has 0 saturated carbocycles. The van der Waals surface area contributed by atoms with E-state index in [-0.39, 0.29) is 17.5 Å². The highest BCUT2D eigenvalue weighted by Gasteiger charge is 2.27. The molecule has 0 unspecified atom stereocenters. The third-order valence-corrected chi connectivity index (χ3v) is 4.69. The van der Waals surface area contributed by atoms with Crippen molar-refractivity contribution in [3.63, 3.8) is 0 Å². The number of benzene rings is 1. The van der Waals surface area contributed by atoms with Crippen LogP contribution < -0.4 is 5.56 Å². The second-order valence-electron chi connectivity index (χ2n) is 6.46. The number of hydrogen-bond donors (Lipinski definition) is 1. The molecule has 1 aromatic carbocycles. The maximum absolute atomic E-state index is 12.8. The van der Waals surface area contributed by atoms with Crippen molar-refractivity contribution >= 4 is 16.8 Å². The summed E-state index contributed by atoms with van der Waals surface area (Å²) in [6.07, 6.45) is 3.30. The van der Waals surface area contributed by atoms with E-state index in [0.717, 1.165) is 18.5 Å². The van der Waals surface area contributed by atoms with Crippen molar-refractivity contribution in [2.75, 3.05) is 13.1 Å². The molecule has 3 heterocycles. The van der Waals surface area contributed by atoms with E-state index in [4.69, 9.17) is 0 Å². The zero-order valence-corrected chi connectivity index (χ0v) is 14.0. The van der Waals surface area contributed by atoms with Crippen LogP contribution in [0.5, 0.6) is 0 Å². The number of fused-ring (bicyclic) bond motifs is 1. The first-order valence-electron chi connectivity index (χ1n) is 8.40. The number of aryl methyl sites for hydroxylation is 1. The van der Waals surface area contributed by atoms with Crippen LogP contribution >= 0.6 is 0 Å². The number of carbonyl (C=O) groups is 1. The summed E-state index contributed by atoms with van der Waals surface area (Å²) in [7, 11) is 0. The van der Waals surface area contributed by atoms with E-state index >= 15 is 0 Å². The fourth-order valence-electron chi connectivity index (χ4n) is 3.40. The molecule has 25 heavy (non-hydrogen) atoms. The molecule has 0 spiro atoms. The molecular weight excluding hydrogens is 318 g/mol. The minimum Gasteiger partial charge on any atom is -0.335 e. The summed E-state index contributed by atoms with van der Waals surface area (Å²) in [5, 5.41) is 7.46.